The van der Waals surface area contributed by atoms with Gasteiger partial charge in [0.15, 0.2) is 0 Å². The quantitative estimate of drug-likeness (QED) is 0.580. The van der Waals surface area contributed by atoms with Crippen LogP contribution >= 0.6 is 0 Å². The smallest absolute Gasteiger partial charge is 0.394 e. The topological polar surface area (TPSA) is 102 Å². The Morgan fingerprint density at radius 1 is 1.45 bits per heavy atom. The van der Waals surface area contributed by atoms with Crippen molar-refractivity contribution in [2.45, 2.75) is 38.6 Å². The molecule has 0 heterocycles. The van der Waals surface area contributed by atoms with E-state index in [2.05, 4.69) is 17.7 Å². The minimum Gasteiger partial charge on any atom is -0.394 e. The summed E-state index contributed by atoms with van der Waals surface area (Å²) in [5, 5.41) is 7.69. The number of nitrogens with one attached hydrogen (secondary N) is 1. The zero-order valence-electron chi connectivity index (χ0n) is 11.8. The SMILES string of the molecule is CC1Cc2cccc(C(C)C(N)C(=N)OC(N)=O)c2C1. The molecule has 1 aromatic rings. The lowest BCUT2D eigenvalue weighted by molar-refractivity contribution is 0.204. The van der Waals surface area contributed by atoms with E-state index in [1.54, 1.807) is 0 Å². The van der Waals surface area contributed by atoms with Gasteiger partial charge in [0.05, 0.1) is 6.04 Å². The van der Waals surface area contributed by atoms with E-state index in [0.717, 1.165) is 18.4 Å². The lowest BCUT2D eigenvalue weighted by Gasteiger charge is -2.22. The maximum Gasteiger partial charge on any atom is 0.411 e. The van der Waals surface area contributed by atoms with Crippen LogP contribution in [0, 0.1) is 11.3 Å². The van der Waals surface area contributed by atoms with Crippen LogP contribution in [0.4, 0.5) is 4.79 Å². The number of carbonyl (C=O) groups is 1. The van der Waals surface area contributed by atoms with E-state index in [4.69, 9.17) is 16.9 Å². The Morgan fingerprint density at radius 2 is 2.15 bits per heavy atom. The highest BCUT2D eigenvalue weighted by Crippen LogP contribution is 2.33. The number of ether oxygens (including phenoxy) is 1. The normalized spacial score (nSPS) is 20.1. The Hall–Kier alpha value is -1.88. The summed E-state index contributed by atoms with van der Waals surface area (Å²) in [6, 6.07) is 5.53. The monoisotopic (exact) mass is 275 g/mol. The molecule has 0 fully saturated rings. The van der Waals surface area contributed by atoms with Gasteiger partial charge < -0.3 is 16.2 Å². The fourth-order valence-corrected chi connectivity index (χ4v) is 2.91. The average molecular weight is 275 g/mol. The summed E-state index contributed by atoms with van der Waals surface area (Å²) in [7, 11) is 0. The van der Waals surface area contributed by atoms with Gasteiger partial charge in [-0.1, -0.05) is 32.0 Å². The van der Waals surface area contributed by atoms with E-state index < -0.39 is 12.1 Å². The van der Waals surface area contributed by atoms with E-state index in [0.29, 0.717) is 5.92 Å². The fraction of sp³-hybridized carbons (Fsp3) is 0.467. The molecule has 5 N–H and O–H groups in total. The van der Waals surface area contributed by atoms with Crippen LogP contribution in [0.25, 0.3) is 0 Å². The average Bonchev–Trinajstić information content (AvgIpc) is 2.76. The van der Waals surface area contributed by atoms with Gasteiger partial charge in [-0.05, 0) is 35.4 Å². The molecule has 0 saturated carbocycles. The molecule has 1 aliphatic carbocycles. The van der Waals surface area contributed by atoms with Crippen molar-refractivity contribution in [3.05, 3.63) is 34.9 Å². The Morgan fingerprint density at radius 3 is 2.80 bits per heavy atom. The van der Waals surface area contributed by atoms with E-state index in [1.807, 2.05) is 19.1 Å². The van der Waals surface area contributed by atoms with Gasteiger partial charge in [-0.25, -0.2) is 4.79 Å². The molecule has 0 spiro atoms. The number of amides is 1. The van der Waals surface area contributed by atoms with Crippen LogP contribution in [0.15, 0.2) is 18.2 Å². The second-order valence-electron chi connectivity index (χ2n) is 5.60. The van der Waals surface area contributed by atoms with E-state index in [1.165, 1.54) is 11.1 Å². The molecule has 1 aliphatic rings. The third-order valence-electron chi connectivity index (χ3n) is 3.97. The molecule has 5 heteroatoms. The van der Waals surface area contributed by atoms with Crippen LogP contribution in [0.5, 0.6) is 0 Å². The van der Waals surface area contributed by atoms with Crippen molar-refractivity contribution >= 4 is 12.0 Å². The maximum atomic E-state index is 10.7. The van der Waals surface area contributed by atoms with Crippen LogP contribution < -0.4 is 11.5 Å². The van der Waals surface area contributed by atoms with Gasteiger partial charge in [-0.3, -0.25) is 5.41 Å². The molecule has 0 bridgehead atoms. The van der Waals surface area contributed by atoms with Gasteiger partial charge >= 0.3 is 6.09 Å². The predicted molar refractivity (Wildman–Crippen MR) is 77.8 cm³/mol. The third kappa shape index (κ3) is 2.82. The molecular weight excluding hydrogens is 254 g/mol. The number of primary amides is 1. The lowest BCUT2D eigenvalue weighted by atomic mass is 9.88. The van der Waals surface area contributed by atoms with Crippen molar-refractivity contribution in [2.75, 3.05) is 0 Å². The first-order valence-corrected chi connectivity index (χ1v) is 6.82. The summed E-state index contributed by atoms with van der Waals surface area (Å²) in [6.07, 6.45) is 1.12. The minimum atomic E-state index is -0.996. The van der Waals surface area contributed by atoms with Crippen LogP contribution in [0.2, 0.25) is 0 Å². The number of fused-ring (bicyclic) bond motifs is 1. The van der Waals surface area contributed by atoms with Crippen molar-refractivity contribution in [2.24, 2.45) is 17.4 Å². The van der Waals surface area contributed by atoms with Crippen molar-refractivity contribution in [1.82, 2.24) is 0 Å². The Bertz CT molecular complexity index is 542. The Balaban J connectivity index is 2.22. The van der Waals surface area contributed by atoms with E-state index in [-0.39, 0.29) is 11.8 Å². The fourth-order valence-electron chi connectivity index (χ4n) is 2.91. The minimum absolute atomic E-state index is 0.0953. The molecule has 3 unspecified atom stereocenters. The number of benzene rings is 1. The largest absolute Gasteiger partial charge is 0.411 e. The van der Waals surface area contributed by atoms with Crippen molar-refractivity contribution in [3.63, 3.8) is 0 Å². The molecule has 1 amide bonds. The summed E-state index contributed by atoms with van der Waals surface area (Å²) >= 11 is 0. The highest BCUT2D eigenvalue weighted by atomic mass is 16.6. The number of carbonyl (C=O) groups excluding carboxylic acids is 1. The molecule has 20 heavy (non-hydrogen) atoms. The molecule has 108 valence electrons. The number of nitrogens with two attached hydrogens (primary N) is 2. The lowest BCUT2D eigenvalue weighted by Crippen LogP contribution is -2.39. The summed E-state index contributed by atoms with van der Waals surface area (Å²) in [4.78, 5) is 10.7. The van der Waals surface area contributed by atoms with Crippen molar-refractivity contribution in [3.8, 4) is 0 Å². The number of rotatable bonds is 3. The zero-order valence-corrected chi connectivity index (χ0v) is 11.8. The second kappa shape index (κ2) is 5.63. The van der Waals surface area contributed by atoms with Crippen LogP contribution in [-0.2, 0) is 17.6 Å². The third-order valence-corrected chi connectivity index (χ3v) is 3.97. The molecular formula is C15H21N3O2. The zero-order chi connectivity index (χ0) is 14.9. The highest BCUT2D eigenvalue weighted by molar-refractivity contribution is 5.89. The number of hydrogen-bond acceptors (Lipinski definition) is 4. The van der Waals surface area contributed by atoms with Crippen LogP contribution in [-0.4, -0.2) is 18.0 Å². The first-order valence-electron chi connectivity index (χ1n) is 6.82. The standard InChI is InChI=1S/C15H21N3O2/c1-8-6-10-4-3-5-11(12(10)7-8)9(2)13(16)14(17)20-15(18)19/h3-5,8-9,13,17H,6-7,16H2,1-2H3,(H2,18,19). The van der Waals surface area contributed by atoms with E-state index in [9.17, 15) is 4.79 Å². The summed E-state index contributed by atoms with van der Waals surface area (Å²) in [5.74, 6) is 0.256. The summed E-state index contributed by atoms with van der Waals surface area (Å²) in [5.41, 5.74) is 14.8. The van der Waals surface area contributed by atoms with Gasteiger partial charge in [0.2, 0.25) is 5.90 Å². The Labute approximate surface area is 118 Å². The van der Waals surface area contributed by atoms with Crippen molar-refractivity contribution in [1.29, 1.82) is 5.41 Å². The highest BCUT2D eigenvalue weighted by Gasteiger charge is 2.27. The van der Waals surface area contributed by atoms with Crippen molar-refractivity contribution < 1.29 is 9.53 Å². The summed E-state index contributed by atoms with van der Waals surface area (Å²) in [6.45, 7) is 4.18. The molecule has 5 nitrogen and oxygen atoms in total. The van der Waals surface area contributed by atoms with Gasteiger partial charge in [-0.15, -0.1) is 0 Å². The molecule has 3 atom stereocenters. The molecule has 0 aromatic heterocycles. The summed E-state index contributed by atoms with van der Waals surface area (Å²) < 4.78 is 4.59. The first kappa shape index (κ1) is 14.5. The molecule has 0 aliphatic heterocycles. The van der Waals surface area contributed by atoms with Gasteiger partial charge in [-0.2, -0.15) is 0 Å². The molecule has 1 aromatic carbocycles. The Kier molecular flexibility index (Phi) is 4.09. The molecule has 0 radical (unpaired) electrons. The van der Waals surface area contributed by atoms with Crippen LogP contribution in [0.1, 0.15) is 36.5 Å². The molecule has 2 rings (SSSR count). The second-order valence-corrected chi connectivity index (χ2v) is 5.60. The maximum absolute atomic E-state index is 10.7. The van der Waals surface area contributed by atoms with Gasteiger partial charge in [0, 0.05) is 5.92 Å². The number of hydrogen-bond donors (Lipinski definition) is 3. The van der Waals surface area contributed by atoms with Gasteiger partial charge in [0.1, 0.15) is 0 Å². The van der Waals surface area contributed by atoms with Gasteiger partial charge in [0.25, 0.3) is 0 Å². The predicted octanol–water partition coefficient (Wildman–Crippen LogP) is 1.92. The first-order chi connectivity index (χ1) is 9.40. The molecule has 0 saturated heterocycles. The van der Waals surface area contributed by atoms with Crippen LogP contribution in [0.3, 0.4) is 0 Å². The van der Waals surface area contributed by atoms with E-state index >= 15 is 0 Å².